The molecule has 0 bridgehead atoms. The quantitative estimate of drug-likeness (QED) is 0.534. The summed E-state index contributed by atoms with van der Waals surface area (Å²) < 4.78 is 38.7. The Morgan fingerprint density at radius 3 is 2.46 bits per heavy atom. The Balaban J connectivity index is 2.85. The van der Waals surface area contributed by atoms with Crippen LogP contribution in [0, 0.1) is 5.92 Å². The summed E-state index contributed by atoms with van der Waals surface area (Å²) in [6, 6.07) is 3.52. The summed E-state index contributed by atoms with van der Waals surface area (Å²) in [6.07, 6.45) is 3.39. The standard InChI is InChI=1S/C18H23F2NO5/c1-5-11(2)16(17(23)25-4)21-15(22)9-7-12-6-8-13(26-18(19)20)14(10-12)24-3/h6-11,16,18H,5H2,1-4H3,(H,21,22)/b9-7+/t11-,16+/m0/s1. The summed E-state index contributed by atoms with van der Waals surface area (Å²) >= 11 is 0. The predicted octanol–water partition coefficient (Wildman–Crippen LogP) is 3.01. The summed E-state index contributed by atoms with van der Waals surface area (Å²) in [5.41, 5.74) is 0.539. The topological polar surface area (TPSA) is 73.9 Å². The molecular formula is C18H23F2NO5. The van der Waals surface area contributed by atoms with Crippen molar-refractivity contribution < 1.29 is 32.6 Å². The molecule has 1 amide bonds. The lowest BCUT2D eigenvalue weighted by atomic mass is 9.99. The van der Waals surface area contributed by atoms with Crippen LogP contribution in [0.4, 0.5) is 8.78 Å². The zero-order valence-corrected chi connectivity index (χ0v) is 15.1. The van der Waals surface area contributed by atoms with Crippen molar-refractivity contribution in [3.05, 3.63) is 29.8 Å². The van der Waals surface area contributed by atoms with E-state index in [1.807, 2.05) is 13.8 Å². The third-order valence-electron chi connectivity index (χ3n) is 3.80. The molecule has 1 aromatic rings. The first-order chi connectivity index (χ1) is 12.3. The van der Waals surface area contributed by atoms with Gasteiger partial charge in [0.2, 0.25) is 5.91 Å². The monoisotopic (exact) mass is 371 g/mol. The van der Waals surface area contributed by atoms with E-state index in [0.717, 1.165) is 0 Å². The van der Waals surface area contributed by atoms with Gasteiger partial charge in [-0.05, 0) is 29.7 Å². The lowest BCUT2D eigenvalue weighted by molar-refractivity contribution is -0.146. The van der Waals surface area contributed by atoms with Crippen molar-refractivity contribution in [1.29, 1.82) is 0 Å². The van der Waals surface area contributed by atoms with Crippen LogP contribution < -0.4 is 14.8 Å². The molecule has 144 valence electrons. The van der Waals surface area contributed by atoms with E-state index in [1.54, 1.807) is 0 Å². The van der Waals surface area contributed by atoms with Crippen molar-refractivity contribution >= 4 is 18.0 Å². The SMILES string of the molecule is CC[C@H](C)[C@@H](NC(=O)/C=C/c1ccc(OC(F)F)c(OC)c1)C(=O)OC. The Morgan fingerprint density at radius 1 is 1.23 bits per heavy atom. The average Bonchev–Trinajstić information content (AvgIpc) is 2.63. The number of hydrogen-bond donors (Lipinski definition) is 1. The van der Waals surface area contributed by atoms with Gasteiger partial charge < -0.3 is 19.5 Å². The number of carbonyl (C=O) groups excluding carboxylic acids is 2. The van der Waals surface area contributed by atoms with Crippen molar-refractivity contribution in [2.75, 3.05) is 14.2 Å². The molecule has 0 fully saturated rings. The number of esters is 1. The summed E-state index contributed by atoms with van der Waals surface area (Å²) in [5, 5.41) is 2.60. The molecule has 8 heteroatoms. The fourth-order valence-corrected chi connectivity index (χ4v) is 2.15. The van der Waals surface area contributed by atoms with Crippen LogP contribution in [0.5, 0.6) is 11.5 Å². The molecule has 1 N–H and O–H groups in total. The Kier molecular flexibility index (Phi) is 8.54. The van der Waals surface area contributed by atoms with Crippen LogP contribution in [0.1, 0.15) is 25.8 Å². The largest absolute Gasteiger partial charge is 0.493 e. The van der Waals surface area contributed by atoms with Gasteiger partial charge >= 0.3 is 12.6 Å². The molecule has 0 spiro atoms. The third kappa shape index (κ3) is 6.34. The molecule has 0 aliphatic carbocycles. The van der Waals surface area contributed by atoms with Gasteiger partial charge in [0, 0.05) is 6.08 Å². The lowest BCUT2D eigenvalue weighted by Crippen LogP contribution is -2.45. The van der Waals surface area contributed by atoms with Gasteiger partial charge in [0.1, 0.15) is 6.04 Å². The lowest BCUT2D eigenvalue weighted by Gasteiger charge is -2.21. The normalized spacial score (nSPS) is 13.3. The number of carbonyl (C=O) groups is 2. The molecule has 2 atom stereocenters. The molecule has 0 aromatic heterocycles. The van der Waals surface area contributed by atoms with Crippen LogP contribution in [0.2, 0.25) is 0 Å². The maximum absolute atomic E-state index is 12.3. The molecule has 1 rings (SSSR count). The van der Waals surface area contributed by atoms with E-state index in [-0.39, 0.29) is 17.4 Å². The van der Waals surface area contributed by atoms with Crippen LogP contribution in [0.15, 0.2) is 24.3 Å². The fourth-order valence-electron chi connectivity index (χ4n) is 2.15. The molecule has 0 aliphatic rings. The number of methoxy groups -OCH3 is 2. The van der Waals surface area contributed by atoms with Gasteiger partial charge in [-0.3, -0.25) is 4.79 Å². The van der Waals surface area contributed by atoms with Gasteiger partial charge in [-0.15, -0.1) is 0 Å². The Morgan fingerprint density at radius 2 is 1.92 bits per heavy atom. The summed E-state index contributed by atoms with van der Waals surface area (Å²) in [7, 11) is 2.58. The van der Waals surface area contributed by atoms with Gasteiger partial charge in [0.15, 0.2) is 11.5 Å². The van der Waals surface area contributed by atoms with Crippen LogP contribution in [-0.2, 0) is 14.3 Å². The molecule has 0 unspecified atom stereocenters. The second kappa shape index (κ2) is 10.4. The number of amides is 1. The molecule has 6 nitrogen and oxygen atoms in total. The first-order valence-corrected chi connectivity index (χ1v) is 8.01. The van der Waals surface area contributed by atoms with Gasteiger partial charge in [0.25, 0.3) is 0 Å². The van der Waals surface area contributed by atoms with Gasteiger partial charge in [-0.1, -0.05) is 26.3 Å². The number of alkyl halides is 2. The minimum atomic E-state index is -2.97. The van der Waals surface area contributed by atoms with Crippen LogP contribution in [0.25, 0.3) is 6.08 Å². The molecular weight excluding hydrogens is 348 g/mol. The minimum absolute atomic E-state index is 0.0920. The van der Waals surface area contributed by atoms with Crippen LogP contribution in [0.3, 0.4) is 0 Å². The number of nitrogens with one attached hydrogen (secondary N) is 1. The summed E-state index contributed by atoms with van der Waals surface area (Å²) in [6.45, 7) is 0.766. The molecule has 0 saturated heterocycles. The summed E-state index contributed by atoms with van der Waals surface area (Å²) in [4.78, 5) is 23.9. The first kappa shape index (κ1) is 21.4. The predicted molar refractivity (Wildman–Crippen MR) is 92.1 cm³/mol. The number of rotatable bonds is 9. The highest BCUT2D eigenvalue weighted by molar-refractivity contribution is 5.94. The highest BCUT2D eigenvalue weighted by Gasteiger charge is 2.25. The molecule has 0 radical (unpaired) electrons. The maximum Gasteiger partial charge on any atom is 0.387 e. The Labute approximate surface area is 151 Å². The fraction of sp³-hybridized carbons (Fsp3) is 0.444. The van der Waals surface area contributed by atoms with Crippen LogP contribution >= 0.6 is 0 Å². The second-order valence-electron chi connectivity index (χ2n) is 5.52. The van der Waals surface area contributed by atoms with E-state index in [1.165, 1.54) is 44.6 Å². The van der Waals surface area contributed by atoms with Gasteiger partial charge in [-0.2, -0.15) is 8.78 Å². The number of hydrogen-bond acceptors (Lipinski definition) is 5. The van der Waals surface area contributed by atoms with Crippen molar-refractivity contribution in [3.8, 4) is 11.5 Å². The van der Waals surface area contributed by atoms with E-state index >= 15 is 0 Å². The maximum atomic E-state index is 12.3. The van der Waals surface area contributed by atoms with E-state index in [9.17, 15) is 18.4 Å². The van der Waals surface area contributed by atoms with Gasteiger partial charge in [0.05, 0.1) is 14.2 Å². The van der Waals surface area contributed by atoms with Crippen molar-refractivity contribution in [3.63, 3.8) is 0 Å². The van der Waals surface area contributed by atoms with Crippen molar-refractivity contribution in [1.82, 2.24) is 5.32 Å². The molecule has 1 aromatic carbocycles. The van der Waals surface area contributed by atoms with E-state index in [2.05, 4.69) is 10.1 Å². The average molecular weight is 371 g/mol. The smallest absolute Gasteiger partial charge is 0.387 e. The summed E-state index contributed by atoms with van der Waals surface area (Å²) in [5.74, 6) is -1.08. The van der Waals surface area contributed by atoms with E-state index in [4.69, 9.17) is 9.47 Å². The second-order valence-corrected chi connectivity index (χ2v) is 5.52. The molecule has 0 aliphatic heterocycles. The zero-order valence-electron chi connectivity index (χ0n) is 15.1. The first-order valence-electron chi connectivity index (χ1n) is 8.01. The third-order valence-corrected chi connectivity index (χ3v) is 3.80. The Bertz CT molecular complexity index is 648. The minimum Gasteiger partial charge on any atom is -0.493 e. The van der Waals surface area contributed by atoms with E-state index in [0.29, 0.717) is 12.0 Å². The Hall–Kier alpha value is -2.64. The number of benzene rings is 1. The number of ether oxygens (including phenoxy) is 3. The van der Waals surface area contributed by atoms with Crippen molar-refractivity contribution in [2.24, 2.45) is 5.92 Å². The van der Waals surface area contributed by atoms with Crippen molar-refractivity contribution in [2.45, 2.75) is 32.9 Å². The molecule has 26 heavy (non-hydrogen) atoms. The highest BCUT2D eigenvalue weighted by atomic mass is 19.3. The van der Waals surface area contributed by atoms with E-state index < -0.39 is 24.5 Å². The van der Waals surface area contributed by atoms with Crippen LogP contribution in [-0.4, -0.2) is 38.7 Å². The molecule has 0 heterocycles. The highest BCUT2D eigenvalue weighted by Crippen LogP contribution is 2.29. The number of halogens is 2. The van der Waals surface area contributed by atoms with Gasteiger partial charge in [-0.25, -0.2) is 4.79 Å². The molecule has 0 saturated carbocycles. The zero-order chi connectivity index (χ0) is 19.7.